The summed E-state index contributed by atoms with van der Waals surface area (Å²) in [7, 11) is 0. The molecule has 20 heavy (non-hydrogen) atoms. The zero-order valence-electron chi connectivity index (χ0n) is 10.9. The summed E-state index contributed by atoms with van der Waals surface area (Å²) in [5.41, 5.74) is 0.804. The number of aliphatic hydroxyl groups is 1. The quantitative estimate of drug-likeness (QED) is 0.684. The normalized spacial score (nSPS) is 18.6. The second-order valence-electron chi connectivity index (χ2n) is 4.98. The van der Waals surface area contributed by atoms with Crippen molar-refractivity contribution in [2.45, 2.75) is 18.9 Å². The molecule has 1 saturated heterocycles. The Kier molecular flexibility index (Phi) is 3.23. The van der Waals surface area contributed by atoms with Gasteiger partial charge >= 0.3 is 0 Å². The molecule has 6 nitrogen and oxygen atoms in total. The Balaban J connectivity index is 1.99. The largest absolute Gasteiger partial charge is 0.394 e. The van der Waals surface area contributed by atoms with Crippen LogP contribution in [-0.4, -0.2) is 34.2 Å². The first-order chi connectivity index (χ1) is 9.69. The Morgan fingerprint density at radius 3 is 3.00 bits per heavy atom. The van der Waals surface area contributed by atoms with E-state index in [1.54, 1.807) is 6.07 Å². The number of hydrogen-bond acceptors (Lipinski definition) is 5. The minimum absolute atomic E-state index is 0.0708. The Bertz CT molecular complexity index is 659. The predicted molar refractivity (Wildman–Crippen MR) is 75.9 cm³/mol. The van der Waals surface area contributed by atoms with Gasteiger partial charge in [-0.2, -0.15) is 0 Å². The highest BCUT2D eigenvalue weighted by atomic mass is 16.6. The number of aromatic nitrogens is 1. The van der Waals surface area contributed by atoms with Crippen LogP contribution in [0.2, 0.25) is 0 Å². The average molecular weight is 273 g/mol. The van der Waals surface area contributed by atoms with Gasteiger partial charge in [-0.15, -0.1) is 0 Å². The van der Waals surface area contributed by atoms with Gasteiger partial charge in [0, 0.05) is 24.1 Å². The first-order valence-electron chi connectivity index (χ1n) is 6.62. The number of pyridine rings is 1. The molecule has 0 amide bonds. The van der Waals surface area contributed by atoms with E-state index in [0.717, 1.165) is 36.1 Å². The van der Waals surface area contributed by atoms with Gasteiger partial charge in [-0.05, 0) is 31.0 Å². The average Bonchev–Trinajstić information content (AvgIpc) is 2.94. The summed E-state index contributed by atoms with van der Waals surface area (Å²) >= 11 is 0. The molecule has 1 aromatic heterocycles. The smallest absolute Gasteiger partial charge is 0.270 e. The number of fused-ring (bicyclic) bond motifs is 1. The fraction of sp³-hybridized carbons (Fsp3) is 0.357. The van der Waals surface area contributed by atoms with Gasteiger partial charge < -0.3 is 10.0 Å². The van der Waals surface area contributed by atoms with E-state index < -0.39 is 4.92 Å². The van der Waals surface area contributed by atoms with Crippen molar-refractivity contribution in [1.82, 2.24) is 4.98 Å². The van der Waals surface area contributed by atoms with Crippen molar-refractivity contribution >= 4 is 22.4 Å². The molecule has 0 saturated carbocycles. The topological polar surface area (TPSA) is 79.5 Å². The Labute approximate surface area is 115 Å². The summed E-state index contributed by atoms with van der Waals surface area (Å²) in [5.74, 6) is 0.822. The van der Waals surface area contributed by atoms with Crippen LogP contribution in [0.4, 0.5) is 11.5 Å². The minimum Gasteiger partial charge on any atom is -0.394 e. The van der Waals surface area contributed by atoms with Gasteiger partial charge in [-0.3, -0.25) is 10.1 Å². The van der Waals surface area contributed by atoms with Crippen molar-refractivity contribution in [3.63, 3.8) is 0 Å². The second kappa shape index (κ2) is 5.05. The van der Waals surface area contributed by atoms with E-state index in [2.05, 4.69) is 9.88 Å². The molecule has 6 heteroatoms. The van der Waals surface area contributed by atoms with Crippen LogP contribution < -0.4 is 4.90 Å². The van der Waals surface area contributed by atoms with Crippen molar-refractivity contribution in [2.24, 2.45) is 0 Å². The molecule has 1 atom stereocenters. The van der Waals surface area contributed by atoms with Gasteiger partial charge in [0.15, 0.2) is 0 Å². The molecule has 3 rings (SSSR count). The molecule has 0 spiro atoms. The number of nitro benzene ring substituents is 1. The second-order valence-corrected chi connectivity index (χ2v) is 4.98. The first-order valence-corrected chi connectivity index (χ1v) is 6.62. The molecular weight excluding hydrogens is 258 g/mol. The first kappa shape index (κ1) is 12.8. The van der Waals surface area contributed by atoms with E-state index in [1.165, 1.54) is 12.1 Å². The van der Waals surface area contributed by atoms with Gasteiger partial charge in [0.25, 0.3) is 5.69 Å². The van der Waals surface area contributed by atoms with Gasteiger partial charge in [0.05, 0.1) is 23.1 Å². The number of aliphatic hydroxyl groups excluding tert-OH is 1. The van der Waals surface area contributed by atoms with E-state index in [0.29, 0.717) is 0 Å². The number of rotatable bonds is 3. The van der Waals surface area contributed by atoms with Gasteiger partial charge in [0.1, 0.15) is 5.82 Å². The summed E-state index contributed by atoms with van der Waals surface area (Å²) < 4.78 is 0. The molecule has 2 aromatic rings. The SMILES string of the molecule is O=[N+]([O-])c1ccc2nc(N3CCCC3CO)ccc2c1. The number of nitrogens with zero attached hydrogens (tertiary/aromatic N) is 3. The third-order valence-electron chi connectivity index (χ3n) is 3.75. The molecule has 1 unspecified atom stereocenters. The molecule has 2 heterocycles. The molecule has 1 aliphatic rings. The van der Waals surface area contributed by atoms with Crippen molar-refractivity contribution in [2.75, 3.05) is 18.1 Å². The van der Waals surface area contributed by atoms with Crippen LogP contribution >= 0.6 is 0 Å². The minimum atomic E-state index is -0.407. The highest BCUT2D eigenvalue weighted by molar-refractivity contribution is 5.82. The molecular formula is C14H15N3O3. The highest BCUT2D eigenvalue weighted by Crippen LogP contribution is 2.27. The van der Waals surface area contributed by atoms with Crippen LogP contribution in [0, 0.1) is 10.1 Å². The van der Waals surface area contributed by atoms with Crippen molar-refractivity contribution in [3.8, 4) is 0 Å². The van der Waals surface area contributed by atoms with Crippen molar-refractivity contribution in [3.05, 3.63) is 40.4 Å². The molecule has 0 radical (unpaired) electrons. The maximum absolute atomic E-state index is 10.8. The van der Waals surface area contributed by atoms with E-state index >= 15 is 0 Å². The summed E-state index contributed by atoms with van der Waals surface area (Å²) in [6.45, 7) is 1.01. The monoisotopic (exact) mass is 273 g/mol. The highest BCUT2D eigenvalue weighted by Gasteiger charge is 2.24. The third kappa shape index (κ3) is 2.18. The standard InChI is InChI=1S/C14H15N3O3/c18-9-12-2-1-7-16(12)14-6-3-10-8-11(17(19)20)4-5-13(10)15-14/h3-6,8,12,18H,1-2,7,9H2. The van der Waals surface area contributed by atoms with Crippen LogP contribution in [0.1, 0.15) is 12.8 Å². The van der Waals surface area contributed by atoms with E-state index in [4.69, 9.17) is 0 Å². The van der Waals surface area contributed by atoms with Crippen molar-refractivity contribution < 1.29 is 10.0 Å². The Morgan fingerprint density at radius 1 is 1.40 bits per heavy atom. The zero-order chi connectivity index (χ0) is 14.1. The van der Waals surface area contributed by atoms with Gasteiger partial charge in [-0.25, -0.2) is 4.98 Å². The lowest BCUT2D eigenvalue weighted by Gasteiger charge is -2.24. The summed E-state index contributed by atoms with van der Waals surface area (Å²) in [4.78, 5) is 17.0. The Morgan fingerprint density at radius 2 is 2.25 bits per heavy atom. The number of benzene rings is 1. The predicted octanol–water partition coefficient (Wildman–Crippen LogP) is 2.10. The van der Waals surface area contributed by atoms with Crippen LogP contribution in [0.3, 0.4) is 0 Å². The number of nitro groups is 1. The molecule has 1 N–H and O–H groups in total. The molecule has 1 aromatic carbocycles. The maximum Gasteiger partial charge on any atom is 0.270 e. The molecule has 0 bridgehead atoms. The zero-order valence-corrected chi connectivity index (χ0v) is 10.9. The summed E-state index contributed by atoms with van der Waals surface area (Å²) in [6.07, 6.45) is 2.02. The van der Waals surface area contributed by atoms with E-state index in [1.807, 2.05) is 12.1 Å². The number of non-ortho nitro benzene ring substituents is 1. The van der Waals surface area contributed by atoms with Crippen molar-refractivity contribution in [1.29, 1.82) is 0 Å². The van der Waals surface area contributed by atoms with Gasteiger partial charge in [-0.1, -0.05) is 0 Å². The van der Waals surface area contributed by atoms with Gasteiger partial charge in [0.2, 0.25) is 0 Å². The molecule has 1 aliphatic heterocycles. The van der Waals surface area contributed by atoms with E-state index in [9.17, 15) is 15.2 Å². The third-order valence-corrected chi connectivity index (χ3v) is 3.75. The fourth-order valence-corrected chi connectivity index (χ4v) is 2.70. The summed E-state index contributed by atoms with van der Waals surface area (Å²) in [5, 5.41) is 20.9. The molecule has 0 aliphatic carbocycles. The van der Waals surface area contributed by atoms with Crippen LogP contribution in [-0.2, 0) is 0 Å². The van der Waals surface area contributed by atoms with E-state index in [-0.39, 0.29) is 18.3 Å². The van der Waals surface area contributed by atoms with Crippen LogP contribution in [0.25, 0.3) is 10.9 Å². The maximum atomic E-state index is 10.8. The lowest BCUT2D eigenvalue weighted by atomic mass is 10.2. The van der Waals surface area contributed by atoms with Crippen LogP contribution in [0.5, 0.6) is 0 Å². The summed E-state index contributed by atoms with van der Waals surface area (Å²) in [6, 6.07) is 8.49. The lowest BCUT2D eigenvalue weighted by molar-refractivity contribution is -0.384. The fourth-order valence-electron chi connectivity index (χ4n) is 2.70. The van der Waals surface area contributed by atoms with Crippen LogP contribution in [0.15, 0.2) is 30.3 Å². The lowest BCUT2D eigenvalue weighted by Crippen LogP contribution is -2.32. The number of hydrogen-bond donors (Lipinski definition) is 1. The Hall–Kier alpha value is -2.21. The molecule has 1 fully saturated rings. The number of anilines is 1. The molecule has 104 valence electrons.